The Labute approximate surface area is 103 Å². The van der Waals surface area contributed by atoms with Crippen LogP contribution in [0.4, 0.5) is 0 Å². The van der Waals surface area contributed by atoms with Crippen molar-refractivity contribution in [3.05, 3.63) is 18.2 Å². The van der Waals surface area contributed by atoms with Crippen LogP contribution in [0.25, 0.3) is 0 Å². The molecule has 4 nitrogen and oxygen atoms in total. The Bertz CT molecular complexity index is 369. The van der Waals surface area contributed by atoms with Crippen LogP contribution >= 0.6 is 0 Å². The second kappa shape index (κ2) is 4.78. The van der Waals surface area contributed by atoms with E-state index < -0.39 is 0 Å². The van der Waals surface area contributed by atoms with E-state index in [-0.39, 0.29) is 0 Å². The van der Waals surface area contributed by atoms with E-state index in [0.717, 1.165) is 38.1 Å². The molecule has 0 saturated heterocycles. The highest BCUT2D eigenvalue weighted by molar-refractivity contribution is 4.95. The van der Waals surface area contributed by atoms with Crippen molar-refractivity contribution < 1.29 is 0 Å². The quantitative estimate of drug-likeness (QED) is 0.828. The largest absolute Gasteiger partial charge is 0.333 e. The number of imidazole rings is 1. The summed E-state index contributed by atoms with van der Waals surface area (Å²) in [5.74, 6) is 1.95. The van der Waals surface area contributed by atoms with Gasteiger partial charge in [0.25, 0.3) is 0 Å². The van der Waals surface area contributed by atoms with Gasteiger partial charge in [0.1, 0.15) is 5.82 Å². The Morgan fingerprint density at radius 3 is 3.18 bits per heavy atom. The summed E-state index contributed by atoms with van der Waals surface area (Å²) in [5, 5.41) is 3.61. The zero-order valence-electron chi connectivity index (χ0n) is 10.6. The van der Waals surface area contributed by atoms with Crippen molar-refractivity contribution >= 4 is 0 Å². The van der Waals surface area contributed by atoms with Crippen LogP contribution in [0.15, 0.2) is 12.4 Å². The SMILES string of the molecule is CC(CNC1CC1)CN1CCn2ccnc2C1. The lowest BCUT2D eigenvalue weighted by atomic mass is 10.1. The van der Waals surface area contributed by atoms with Gasteiger partial charge in [-0.1, -0.05) is 6.92 Å². The fourth-order valence-electron chi connectivity index (χ4n) is 2.54. The number of hydrogen-bond donors (Lipinski definition) is 1. The lowest BCUT2D eigenvalue weighted by Crippen LogP contribution is -2.39. The van der Waals surface area contributed by atoms with E-state index in [1.54, 1.807) is 0 Å². The maximum Gasteiger partial charge on any atom is 0.122 e. The van der Waals surface area contributed by atoms with E-state index in [4.69, 9.17) is 0 Å². The van der Waals surface area contributed by atoms with Crippen molar-refractivity contribution in [1.29, 1.82) is 0 Å². The summed E-state index contributed by atoms with van der Waals surface area (Å²) in [5.41, 5.74) is 0. The van der Waals surface area contributed by atoms with Crippen molar-refractivity contribution in [3.63, 3.8) is 0 Å². The Balaban J connectivity index is 1.46. The molecule has 4 heteroatoms. The van der Waals surface area contributed by atoms with Crippen LogP contribution < -0.4 is 5.32 Å². The van der Waals surface area contributed by atoms with Gasteiger partial charge < -0.3 is 9.88 Å². The maximum atomic E-state index is 4.40. The predicted octanol–water partition coefficient (Wildman–Crippen LogP) is 1.09. The van der Waals surface area contributed by atoms with Gasteiger partial charge in [-0.25, -0.2) is 4.98 Å². The molecule has 3 rings (SSSR count). The number of nitrogens with zero attached hydrogens (tertiary/aromatic N) is 3. The van der Waals surface area contributed by atoms with Gasteiger partial charge >= 0.3 is 0 Å². The van der Waals surface area contributed by atoms with Crippen LogP contribution in [0.2, 0.25) is 0 Å². The van der Waals surface area contributed by atoms with E-state index in [2.05, 4.69) is 32.9 Å². The van der Waals surface area contributed by atoms with Crippen molar-refractivity contribution in [2.75, 3.05) is 19.6 Å². The number of aromatic nitrogens is 2. The Morgan fingerprint density at radius 2 is 2.35 bits per heavy atom. The molecule has 0 aromatic carbocycles. The maximum absolute atomic E-state index is 4.40. The summed E-state index contributed by atoms with van der Waals surface area (Å²) in [6.45, 7) is 7.97. The first-order chi connectivity index (χ1) is 8.31. The van der Waals surface area contributed by atoms with E-state index in [1.165, 1.54) is 25.2 Å². The normalized spacial score (nSPS) is 22.4. The van der Waals surface area contributed by atoms with E-state index in [9.17, 15) is 0 Å². The Hall–Kier alpha value is -0.870. The number of fused-ring (bicyclic) bond motifs is 1. The zero-order chi connectivity index (χ0) is 11.7. The molecular formula is C13H22N4. The smallest absolute Gasteiger partial charge is 0.122 e. The molecule has 1 fully saturated rings. The number of nitrogens with one attached hydrogen (secondary N) is 1. The topological polar surface area (TPSA) is 33.1 Å². The molecule has 2 aliphatic rings. The van der Waals surface area contributed by atoms with Crippen LogP contribution in [-0.2, 0) is 13.1 Å². The second-order valence-electron chi connectivity index (χ2n) is 5.56. The highest BCUT2D eigenvalue weighted by atomic mass is 15.2. The van der Waals surface area contributed by atoms with E-state index in [1.807, 2.05) is 6.20 Å². The minimum absolute atomic E-state index is 0.733. The van der Waals surface area contributed by atoms with Crippen LogP contribution in [0.3, 0.4) is 0 Å². The van der Waals surface area contributed by atoms with Gasteiger partial charge in [-0.2, -0.15) is 0 Å². The van der Waals surface area contributed by atoms with Crippen LogP contribution in [0.1, 0.15) is 25.6 Å². The zero-order valence-corrected chi connectivity index (χ0v) is 10.6. The third kappa shape index (κ3) is 2.87. The molecule has 1 aliphatic heterocycles. The molecule has 0 bridgehead atoms. The standard InChI is InChI=1S/C13H22N4/c1-11(8-15-12-2-3-12)9-16-6-7-17-5-4-14-13(17)10-16/h4-5,11-12,15H,2-3,6-10H2,1H3. The number of rotatable bonds is 5. The molecule has 1 aromatic rings. The Morgan fingerprint density at radius 1 is 1.47 bits per heavy atom. The molecular weight excluding hydrogens is 212 g/mol. The average molecular weight is 234 g/mol. The van der Waals surface area contributed by atoms with Crippen molar-refractivity contribution in [3.8, 4) is 0 Å². The fourth-order valence-corrected chi connectivity index (χ4v) is 2.54. The highest BCUT2D eigenvalue weighted by Gasteiger charge is 2.22. The molecule has 2 heterocycles. The van der Waals surface area contributed by atoms with Crippen molar-refractivity contribution in [2.45, 2.75) is 38.9 Å². The first kappa shape index (κ1) is 11.2. The van der Waals surface area contributed by atoms with Crippen molar-refractivity contribution in [1.82, 2.24) is 19.8 Å². The minimum Gasteiger partial charge on any atom is -0.333 e. The van der Waals surface area contributed by atoms with Crippen molar-refractivity contribution in [2.24, 2.45) is 5.92 Å². The molecule has 1 aliphatic carbocycles. The van der Waals surface area contributed by atoms with Gasteiger partial charge in [-0.15, -0.1) is 0 Å². The molecule has 1 unspecified atom stereocenters. The van der Waals surface area contributed by atoms with Crippen LogP contribution in [-0.4, -0.2) is 40.1 Å². The number of hydrogen-bond acceptors (Lipinski definition) is 3. The first-order valence-corrected chi connectivity index (χ1v) is 6.77. The second-order valence-corrected chi connectivity index (χ2v) is 5.56. The molecule has 1 saturated carbocycles. The van der Waals surface area contributed by atoms with Gasteiger partial charge in [0.2, 0.25) is 0 Å². The van der Waals surface area contributed by atoms with Gasteiger partial charge in [-0.3, -0.25) is 4.90 Å². The van der Waals surface area contributed by atoms with Gasteiger partial charge in [0, 0.05) is 38.1 Å². The Kier molecular flexibility index (Phi) is 3.16. The van der Waals surface area contributed by atoms with Gasteiger partial charge in [0.05, 0.1) is 6.54 Å². The summed E-state index contributed by atoms with van der Waals surface area (Å²) >= 11 is 0. The molecule has 0 spiro atoms. The lowest BCUT2D eigenvalue weighted by Gasteiger charge is -2.29. The summed E-state index contributed by atoms with van der Waals surface area (Å²) in [6, 6.07) is 0.831. The summed E-state index contributed by atoms with van der Waals surface area (Å²) in [7, 11) is 0. The molecule has 94 valence electrons. The minimum atomic E-state index is 0.733. The molecule has 17 heavy (non-hydrogen) atoms. The van der Waals surface area contributed by atoms with E-state index in [0.29, 0.717) is 0 Å². The first-order valence-electron chi connectivity index (χ1n) is 6.77. The molecule has 0 radical (unpaired) electrons. The summed E-state index contributed by atoms with van der Waals surface area (Å²) in [6.07, 6.45) is 6.77. The predicted molar refractivity (Wildman–Crippen MR) is 67.7 cm³/mol. The average Bonchev–Trinajstić information content (AvgIpc) is 3.04. The highest BCUT2D eigenvalue weighted by Crippen LogP contribution is 2.19. The molecule has 1 atom stereocenters. The van der Waals surface area contributed by atoms with Crippen LogP contribution in [0, 0.1) is 5.92 Å². The fraction of sp³-hybridized carbons (Fsp3) is 0.769. The van der Waals surface area contributed by atoms with E-state index >= 15 is 0 Å². The lowest BCUT2D eigenvalue weighted by molar-refractivity contribution is 0.188. The molecule has 0 amide bonds. The third-order valence-electron chi connectivity index (χ3n) is 3.73. The summed E-state index contributed by atoms with van der Waals surface area (Å²) < 4.78 is 2.27. The summed E-state index contributed by atoms with van der Waals surface area (Å²) in [4.78, 5) is 6.93. The van der Waals surface area contributed by atoms with Gasteiger partial charge in [-0.05, 0) is 25.3 Å². The third-order valence-corrected chi connectivity index (χ3v) is 3.73. The van der Waals surface area contributed by atoms with Crippen LogP contribution in [0.5, 0.6) is 0 Å². The molecule has 1 aromatic heterocycles. The molecule has 1 N–H and O–H groups in total. The monoisotopic (exact) mass is 234 g/mol. The van der Waals surface area contributed by atoms with Gasteiger partial charge in [0.15, 0.2) is 0 Å².